The van der Waals surface area contributed by atoms with Crippen molar-refractivity contribution in [2.45, 2.75) is 32.2 Å². The van der Waals surface area contributed by atoms with E-state index < -0.39 is 0 Å². The van der Waals surface area contributed by atoms with E-state index in [1.807, 2.05) is 7.05 Å². The lowest BCUT2D eigenvalue weighted by Crippen LogP contribution is -2.17. The molecule has 0 spiro atoms. The Hall–Kier alpha value is -1.08. The summed E-state index contributed by atoms with van der Waals surface area (Å²) in [5.74, 6) is 0. The number of aryl methyl sites for hydroxylation is 1. The minimum absolute atomic E-state index is 0.424. The Balaban J connectivity index is 2.22. The maximum Gasteiger partial charge on any atom is 0.0533 e. The molecule has 0 bridgehead atoms. The van der Waals surface area contributed by atoms with E-state index in [1.54, 1.807) is 5.57 Å². The molecule has 2 rings (SSSR count). The van der Waals surface area contributed by atoms with E-state index in [0.717, 1.165) is 0 Å². The first-order valence-corrected chi connectivity index (χ1v) is 5.74. The molecule has 1 unspecified atom stereocenters. The molecule has 1 heteroatoms. The Morgan fingerprint density at radius 1 is 1.20 bits per heavy atom. The molecule has 0 radical (unpaired) electrons. The molecule has 0 heterocycles. The zero-order valence-electron chi connectivity index (χ0n) is 9.59. The van der Waals surface area contributed by atoms with Gasteiger partial charge in [-0.3, -0.25) is 0 Å². The van der Waals surface area contributed by atoms with Crippen LogP contribution in [-0.2, 0) is 0 Å². The standard InChI is InChI=1S/C14H19N/c1-11-7-9-13(10-8-11)14(15-2)12-5-3-4-6-12/h5,7-10,14-15H,3-4,6H2,1-2H3. The minimum atomic E-state index is 0.424. The molecule has 0 aromatic heterocycles. The Morgan fingerprint density at radius 2 is 1.93 bits per heavy atom. The first kappa shape index (κ1) is 10.4. The van der Waals surface area contributed by atoms with Crippen molar-refractivity contribution in [1.82, 2.24) is 5.32 Å². The molecule has 15 heavy (non-hydrogen) atoms. The summed E-state index contributed by atoms with van der Waals surface area (Å²) < 4.78 is 0. The lowest BCUT2D eigenvalue weighted by molar-refractivity contribution is 0.656. The number of allylic oxidation sites excluding steroid dienone is 1. The maximum atomic E-state index is 3.41. The highest BCUT2D eigenvalue weighted by Gasteiger charge is 2.16. The van der Waals surface area contributed by atoms with Crippen molar-refractivity contribution in [3.63, 3.8) is 0 Å². The Bertz CT molecular complexity index is 348. The van der Waals surface area contributed by atoms with Crippen LogP contribution in [0.4, 0.5) is 0 Å². The molecule has 0 saturated heterocycles. The summed E-state index contributed by atoms with van der Waals surface area (Å²) in [6.45, 7) is 2.13. The SMILES string of the molecule is CNC(C1=CCCC1)c1ccc(C)cc1. The molecule has 80 valence electrons. The van der Waals surface area contributed by atoms with Crippen LogP contribution in [0.2, 0.25) is 0 Å². The third-order valence-electron chi connectivity index (χ3n) is 3.15. The van der Waals surface area contributed by atoms with Gasteiger partial charge in [0.25, 0.3) is 0 Å². The van der Waals surface area contributed by atoms with Gasteiger partial charge >= 0.3 is 0 Å². The fourth-order valence-electron chi connectivity index (χ4n) is 2.28. The summed E-state index contributed by atoms with van der Waals surface area (Å²) in [6.07, 6.45) is 6.21. The lowest BCUT2D eigenvalue weighted by atomic mass is 9.97. The first-order valence-electron chi connectivity index (χ1n) is 5.74. The van der Waals surface area contributed by atoms with Gasteiger partial charge in [0.15, 0.2) is 0 Å². The van der Waals surface area contributed by atoms with E-state index in [4.69, 9.17) is 0 Å². The van der Waals surface area contributed by atoms with Crippen molar-refractivity contribution in [1.29, 1.82) is 0 Å². The second kappa shape index (κ2) is 4.63. The van der Waals surface area contributed by atoms with Gasteiger partial charge in [-0.25, -0.2) is 0 Å². The van der Waals surface area contributed by atoms with Gasteiger partial charge in [-0.1, -0.05) is 41.5 Å². The molecule has 1 atom stereocenters. The Morgan fingerprint density at radius 3 is 2.47 bits per heavy atom. The molecule has 1 aromatic rings. The van der Waals surface area contributed by atoms with E-state index in [1.165, 1.54) is 30.4 Å². The lowest BCUT2D eigenvalue weighted by Gasteiger charge is -2.18. The van der Waals surface area contributed by atoms with Crippen molar-refractivity contribution in [2.24, 2.45) is 0 Å². The average Bonchev–Trinajstić information content (AvgIpc) is 2.75. The van der Waals surface area contributed by atoms with Crippen LogP contribution in [0.5, 0.6) is 0 Å². The van der Waals surface area contributed by atoms with Crippen LogP contribution >= 0.6 is 0 Å². The summed E-state index contributed by atoms with van der Waals surface area (Å²) in [5, 5.41) is 3.41. The van der Waals surface area contributed by atoms with Crippen LogP contribution in [0.3, 0.4) is 0 Å². The maximum absolute atomic E-state index is 3.41. The molecule has 0 saturated carbocycles. The number of hydrogen-bond acceptors (Lipinski definition) is 1. The van der Waals surface area contributed by atoms with Crippen molar-refractivity contribution in [2.75, 3.05) is 7.05 Å². The summed E-state index contributed by atoms with van der Waals surface area (Å²) in [5.41, 5.74) is 4.27. The van der Waals surface area contributed by atoms with Gasteiger partial charge in [-0.2, -0.15) is 0 Å². The van der Waals surface area contributed by atoms with Gasteiger partial charge in [0, 0.05) is 0 Å². The molecule has 0 fully saturated rings. The zero-order chi connectivity index (χ0) is 10.7. The molecule has 1 aliphatic rings. The molecule has 1 nitrogen and oxygen atoms in total. The van der Waals surface area contributed by atoms with Gasteiger partial charge in [0.05, 0.1) is 6.04 Å². The molecule has 0 aliphatic heterocycles. The van der Waals surface area contributed by atoms with Crippen LogP contribution < -0.4 is 5.32 Å². The first-order chi connectivity index (χ1) is 7.31. The van der Waals surface area contributed by atoms with E-state index >= 15 is 0 Å². The summed E-state index contributed by atoms with van der Waals surface area (Å²) in [6, 6.07) is 9.27. The van der Waals surface area contributed by atoms with Crippen molar-refractivity contribution < 1.29 is 0 Å². The number of hydrogen-bond donors (Lipinski definition) is 1. The molecule has 1 aromatic carbocycles. The fraction of sp³-hybridized carbons (Fsp3) is 0.429. The van der Waals surface area contributed by atoms with Gasteiger partial charge in [-0.05, 0) is 38.8 Å². The normalized spacial score (nSPS) is 17.6. The van der Waals surface area contributed by atoms with Gasteiger partial charge < -0.3 is 5.32 Å². The molecular formula is C14H19N. The summed E-state index contributed by atoms with van der Waals surface area (Å²) in [7, 11) is 2.05. The fourth-order valence-corrected chi connectivity index (χ4v) is 2.28. The highest BCUT2D eigenvalue weighted by molar-refractivity contribution is 5.31. The second-order valence-corrected chi connectivity index (χ2v) is 4.30. The van der Waals surface area contributed by atoms with E-state index in [9.17, 15) is 0 Å². The largest absolute Gasteiger partial charge is 0.310 e. The number of rotatable bonds is 3. The van der Waals surface area contributed by atoms with E-state index in [2.05, 4.69) is 42.6 Å². The van der Waals surface area contributed by atoms with Gasteiger partial charge in [-0.15, -0.1) is 0 Å². The van der Waals surface area contributed by atoms with Crippen molar-refractivity contribution in [3.8, 4) is 0 Å². The number of benzene rings is 1. The summed E-state index contributed by atoms with van der Waals surface area (Å²) in [4.78, 5) is 0. The molecule has 0 amide bonds. The Labute approximate surface area is 92.2 Å². The summed E-state index contributed by atoms with van der Waals surface area (Å²) >= 11 is 0. The van der Waals surface area contributed by atoms with Crippen molar-refractivity contribution >= 4 is 0 Å². The van der Waals surface area contributed by atoms with Gasteiger partial charge in [0.1, 0.15) is 0 Å². The smallest absolute Gasteiger partial charge is 0.0533 e. The van der Waals surface area contributed by atoms with E-state index in [0.29, 0.717) is 6.04 Å². The third kappa shape index (κ3) is 2.29. The predicted molar refractivity (Wildman–Crippen MR) is 64.9 cm³/mol. The molecule has 1 aliphatic carbocycles. The monoisotopic (exact) mass is 201 g/mol. The number of nitrogens with one attached hydrogen (secondary N) is 1. The van der Waals surface area contributed by atoms with Crippen LogP contribution in [0.1, 0.15) is 36.4 Å². The van der Waals surface area contributed by atoms with Gasteiger partial charge in [0.2, 0.25) is 0 Å². The number of likely N-dealkylation sites (N-methyl/N-ethyl adjacent to an activating group) is 1. The van der Waals surface area contributed by atoms with Crippen molar-refractivity contribution in [3.05, 3.63) is 47.0 Å². The average molecular weight is 201 g/mol. The van der Waals surface area contributed by atoms with Crippen LogP contribution in [0, 0.1) is 6.92 Å². The highest BCUT2D eigenvalue weighted by atomic mass is 14.9. The third-order valence-corrected chi connectivity index (χ3v) is 3.15. The predicted octanol–water partition coefficient (Wildman–Crippen LogP) is 3.37. The topological polar surface area (TPSA) is 12.0 Å². The van der Waals surface area contributed by atoms with Crippen LogP contribution in [0.15, 0.2) is 35.9 Å². The minimum Gasteiger partial charge on any atom is -0.310 e. The molecular weight excluding hydrogens is 182 g/mol. The highest BCUT2D eigenvalue weighted by Crippen LogP contribution is 2.30. The molecule has 1 N–H and O–H groups in total. The second-order valence-electron chi connectivity index (χ2n) is 4.30. The Kier molecular flexibility index (Phi) is 3.22. The quantitative estimate of drug-likeness (QED) is 0.739. The van der Waals surface area contributed by atoms with Crippen LogP contribution in [0.25, 0.3) is 0 Å². The van der Waals surface area contributed by atoms with Crippen LogP contribution in [-0.4, -0.2) is 7.05 Å². The zero-order valence-corrected chi connectivity index (χ0v) is 9.59. The van der Waals surface area contributed by atoms with E-state index in [-0.39, 0.29) is 0 Å².